The molecule has 0 radical (unpaired) electrons. The molecule has 6 nitrogen and oxygen atoms in total. The smallest absolute Gasteiger partial charge is 0.166 e. The molecule has 1 aliphatic rings. The molecule has 3 heterocycles. The van der Waals surface area contributed by atoms with Crippen LogP contribution in [0.3, 0.4) is 0 Å². The van der Waals surface area contributed by atoms with Crippen LogP contribution in [-0.4, -0.2) is 24.9 Å². The van der Waals surface area contributed by atoms with Gasteiger partial charge in [0.15, 0.2) is 23.3 Å². The van der Waals surface area contributed by atoms with Gasteiger partial charge in [-0.3, -0.25) is 0 Å². The SMILES string of the molecule is Cc1c(C)c(C)c2c(c1C)Cc1c(C)c(C)c(C)c(C)c1N2c1ccc(-c2cc(-c3ccccc3)nc(-c3ccccc3)n2)cc1-c1nc(-c2ccccc2)nc(-c2ccccc2)n1. The maximum atomic E-state index is 5.39. The number of hydrogen-bond acceptors (Lipinski definition) is 6. The van der Waals surface area contributed by atoms with Crippen molar-refractivity contribution >= 4 is 17.1 Å². The fraction of sp³-hybridized carbons (Fsp3) is 0.155. The molecule has 0 bridgehead atoms. The van der Waals surface area contributed by atoms with Crippen LogP contribution >= 0.6 is 0 Å². The highest BCUT2D eigenvalue weighted by molar-refractivity contribution is 5.96. The van der Waals surface area contributed by atoms with Crippen molar-refractivity contribution in [3.05, 3.63) is 201 Å². The summed E-state index contributed by atoms with van der Waals surface area (Å²) in [5.41, 5.74) is 23.9. The third kappa shape index (κ3) is 6.96. The molecule has 1 aliphatic heterocycles. The first-order valence-electron chi connectivity index (χ1n) is 22.1. The summed E-state index contributed by atoms with van der Waals surface area (Å²) >= 11 is 0. The van der Waals surface area contributed by atoms with Crippen LogP contribution in [0.5, 0.6) is 0 Å². The molecule has 0 atom stereocenters. The number of benzene rings is 7. The molecular weight excluding hydrogens is 781 g/mol. The maximum Gasteiger partial charge on any atom is 0.166 e. The highest BCUT2D eigenvalue weighted by Crippen LogP contribution is 2.53. The molecule has 0 amide bonds. The molecule has 0 spiro atoms. The lowest BCUT2D eigenvalue weighted by molar-refractivity contribution is 0.994. The van der Waals surface area contributed by atoms with Gasteiger partial charge in [0, 0.05) is 39.8 Å². The number of rotatable bonds is 7. The molecular formula is C58H50N6. The molecule has 9 aromatic rings. The van der Waals surface area contributed by atoms with Gasteiger partial charge in [-0.15, -0.1) is 0 Å². The monoisotopic (exact) mass is 830 g/mol. The second-order valence-corrected chi connectivity index (χ2v) is 17.1. The first-order chi connectivity index (χ1) is 31.1. The zero-order chi connectivity index (χ0) is 44.2. The Morgan fingerprint density at radius 1 is 0.328 bits per heavy atom. The lowest BCUT2D eigenvalue weighted by Gasteiger charge is -2.40. The number of fused-ring (bicyclic) bond motifs is 2. The van der Waals surface area contributed by atoms with Crippen LogP contribution in [-0.2, 0) is 6.42 Å². The minimum absolute atomic E-state index is 0.579. The second kappa shape index (κ2) is 16.3. The zero-order valence-electron chi connectivity index (χ0n) is 37.7. The van der Waals surface area contributed by atoms with Crippen molar-refractivity contribution in [1.82, 2.24) is 24.9 Å². The highest BCUT2D eigenvalue weighted by atomic mass is 15.2. The van der Waals surface area contributed by atoms with Gasteiger partial charge in [0.2, 0.25) is 0 Å². The first kappa shape index (κ1) is 40.5. The molecule has 64 heavy (non-hydrogen) atoms. The molecule has 7 aromatic carbocycles. The highest BCUT2D eigenvalue weighted by Gasteiger charge is 2.34. The van der Waals surface area contributed by atoms with Crippen molar-refractivity contribution in [3.63, 3.8) is 0 Å². The van der Waals surface area contributed by atoms with E-state index >= 15 is 0 Å². The van der Waals surface area contributed by atoms with E-state index in [0.29, 0.717) is 23.3 Å². The standard InChI is InChI=1S/C58H50N6/c1-34-36(3)40(7)53-47(38(34)5)32-48-39(6)35(2)37(4)41(8)54(48)64(53)52-30-29-46(51-33-50(42-21-13-9-14-22-42)59-55(60-51)43-23-15-10-16-24-43)31-49(52)58-62-56(44-25-17-11-18-26-44)61-57(63-58)45-27-19-12-20-28-45/h9-31,33H,32H2,1-8H3. The fourth-order valence-electron chi connectivity index (χ4n) is 9.37. The zero-order valence-corrected chi connectivity index (χ0v) is 37.7. The summed E-state index contributed by atoms with van der Waals surface area (Å²) < 4.78 is 0. The molecule has 0 aliphatic carbocycles. The van der Waals surface area contributed by atoms with Crippen LogP contribution in [0.15, 0.2) is 146 Å². The van der Waals surface area contributed by atoms with Crippen molar-refractivity contribution in [3.8, 4) is 68.1 Å². The Morgan fingerprint density at radius 2 is 0.703 bits per heavy atom. The molecule has 0 saturated heterocycles. The average Bonchev–Trinajstić information content (AvgIpc) is 3.36. The Morgan fingerprint density at radius 3 is 1.16 bits per heavy atom. The van der Waals surface area contributed by atoms with Gasteiger partial charge in [0.25, 0.3) is 0 Å². The molecule has 6 heteroatoms. The minimum atomic E-state index is 0.579. The van der Waals surface area contributed by atoms with Crippen LogP contribution in [0, 0.1) is 55.4 Å². The van der Waals surface area contributed by atoms with Crippen molar-refractivity contribution in [2.75, 3.05) is 4.90 Å². The number of nitrogens with zero attached hydrogens (tertiary/aromatic N) is 6. The summed E-state index contributed by atoms with van der Waals surface area (Å²) in [5, 5.41) is 0. The number of anilines is 3. The molecule has 10 rings (SSSR count). The van der Waals surface area contributed by atoms with Crippen LogP contribution in [0.2, 0.25) is 0 Å². The van der Waals surface area contributed by atoms with Gasteiger partial charge in [-0.1, -0.05) is 127 Å². The quantitative estimate of drug-likeness (QED) is 0.159. The Balaban J connectivity index is 1.32. The lowest BCUT2D eigenvalue weighted by Crippen LogP contribution is -2.25. The van der Waals surface area contributed by atoms with Gasteiger partial charge < -0.3 is 4.90 Å². The number of hydrogen-bond donors (Lipinski definition) is 0. The average molecular weight is 831 g/mol. The van der Waals surface area contributed by atoms with Gasteiger partial charge in [0.05, 0.1) is 28.5 Å². The van der Waals surface area contributed by atoms with Gasteiger partial charge in [-0.2, -0.15) is 0 Å². The molecule has 0 fully saturated rings. The van der Waals surface area contributed by atoms with Crippen LogP contribution < -0.4 is 4.90 Å². The van der Waals surface area contributed by atoms with E-state index in [1.165, 1.54) is 67.0 Å². The fourth-order valence-corrected chi connectivity index (χ4v) is 9.37. The van der Waals surface area contributed by atoms with Crippen molar-refractivity contribution in [2.24, 2.45) is 0 Å². The molecule has 312 valence electrons. The van der Waals surface area contributed by atoms with Gasteiger partial charge >= 0.3 is 0 Å². The van der Waals surface area contributed by atoms with Gasteiger partial charge in [-0.25, -0.2) is 24.9 Å². The van der Waals surface area contributed by atoms with E-state index < -0.39 is 0 Å². The predicted octanol–water partition coefficient (Wildman–Crippen LogP) is 14.5. The Kier molecular flexibility index (Phi) is 10.3. The largest absolute Gasteiger partial charge is 0.309 e. The van der Waals surface area contributed by atoms with Crippen LogP contribution in [0.25, 0.3) is 68.1 Å². The van der Waals surface area contributed by atoms with Crippen molar-refractivity contribution in [1.29, 1.82) is 0 Å². The summed E-state index contributed by atoms with van der Waals surface area (Å²) in [5.74, 6) is 2.46. The van der Waals surface area contributed by atoms with E-state index in [0.717, 1.165) is 56.9 Å². The summed E-state index contributed by atoms with van der Waals surface area (Å²) in [6.45, 7) is 18.2. The predicted molar refractivity (Wildman–Crippen MR) is 263 cm³/mol. The molecule has 0 saturated carbocycles. The van der Waals surface area contributed by atoms with E-state index in [2.05, 4.69) is 145 Å². The van der Waals surface area contributed by atoms with Crippen LogP contribution in [0.1, 0.15) is 55.6 Å². The molecule has 0 N–H and O–H groups in total. The van der Waals surface area contributed by atoms with E-state index in [9.17, 15) is 0 Å². The minimum Gasteiger partial charge on any atom is -0.309 e. The lowest BCUT2D eigenvalue weighted by atomic mass is 9.80. The third-order valence-corrected chi connectivity index (χ3v) is 13.7. The van der Waals surface area contributed by atoms with Crippen molar-refractivity contribution < 1.29 is 0 Å². The number of aromatic nitrogens is 5. The summed E-state index contributed by atoms with van der Waals surface area (Å²) in [4.78, 5) is 28.9. The molecule has 0 unspecified atom stereocenters. The normalized spacial score (nSPS) is 12.0. The van der Waals surface area contributed by atoms with E-state index in [-0.39, 0.29) is 0 Å². The first-order valence-corrected chi connectivity index (χ1v) is 22.1. The van der Waals surface area contributed by atoms with Gasteiger partial charge in [-0.05, 0) is 129 Å². The third-order valence-electron chi connectivity index (χ3n) is 13.7. The Bertz CT molecular complexity index is 3070. The Labute approximate surface area is 376 Å². The van der Waals surface area contributed by atoms with E-state index in [4.69, 9.17) is 24.9 Å². The Hall–Kier alpha value is -7.57. The van der Waals surface area contributed by atoms with Gasteiger partial charge in [0.1, 0.15) is 0 Å². The summed E-state index contributed by atoms with van der Waals surface area (Å²) in [6, 6.07) is 49.8. The second-order valence-electron chi connectivity index (χ2n) is 17.1. The topological polar surface area (TPSA) is 67.7 Å². The van der Waals surface area contributed by atoms with E-state index in [1.54, 1.807) is 0 Å². The summed E-state index contributed by atoms with van der Waals surface area (Å²) in [7, 11) is 0. The van der Waals surface area contributed by atoms with Crippen molar-refractivity contribution in [2.45, 2.75) is 61.8 Å². The summed E-state index contributed by atoms with van der Waals surface area (Å²) in [6.07, 6.45) is 0.865. The molecule has 2 aromatic heterocycles. The van der Waals surface area contributed by atoms with Crippen LogP contribution in [0.4, 0.5) is 17.1 Å². The maximum absolute atomic E-state index is 5.39. The van der Waals surface area contributed by atoms with E-state index in [1.807, 2.05) is 60.7 Å².